The summed E-state index contributed by atoms with van der Waals surface area (Å²) in [6.07, 6.45) is 2.93. The van der Waals surface area contributed by atoms with Crippen LogP contribution >= 0.6 is 0 Å². The molecule has 0 radical (unpaired) electrons. The molecule has 8 nitrogen and oxygen atoms in total. The Bertz CT molecular complexity index is 642. The van der Waals surface area contributed by atoms with Crippen LogP contribution in [0.4, 0.5) is 5.95 Å². The first-order chi connectivity index (χ1) is 8.65. The highest BCUT2D eigenvalue weighted by molar-refractivity contribution is 5.70. The first-order valence-electron chi connectivity index (χ1n) is 5.26. The van der Waals surface area contributed by atoms with Crippen molar-refractivity contribution in [2.75, 3.05) is 18.9 Å². The van der Waals surface area contributed by atoms with Crippen molar-refractivity contribution in [2.45, 2.75) is 6.54 Å². The van der Waals surface area contributed by atoms with Crippen LogP contribution in [-0.4, -0.2) is 42.9 Å². The number of nitrogens with two attached hydrogens (primary N) is 1. The number of hydrogen-bond acceptors (Lipinski definition) is 6. The van der Waals surface area contributed by atoms with E-state index in [0.29, 0.717) is 11.2 Å². The fourth-order valence-electron chi connectivity index (χ4n) is 1.61. The number of fused-ring (bicyclic) bond motifs is 1. The second-order valence-corrected chi connectivity index (χ2v) is 3.70. The topological polar surface area (TPSA) is 130 Å². The second kappa shape index (κ2) is 4.98. The van der Waals surface area contributed by atoms with Gasteiger partial charge in [0, 0.05) is 6.54 Å². The van der Waals surface area contributed by atoms with Gasteiger partial charge in [-0.2, -0.15) is 4.98 Å². The number of aromatic nitrogens is 4. The molecule has 2 aromatic heterocycles. The highest BCUT2D eigenvalue weighted by Gasteiger charge is 2.09. The minimum absolute atomic E-state index is 0.00550. The summed E-state index contributed by atoms with van der Waals surface area (Å²) in [6.45, 7) is -0.0823. The van der Waals surface area contributed by atoms with Crippen LogP contribution < -0.4 is 11.3 Å². The highest BCUT2D eigenvalue weighted by atomic mass is 16.3. The number of nitrogens with one attached hydrogen (secondary N) is 1. The molecule has 0 aromatic carbocycles. The molecule has 0 saturated heterocycles. The van der Waals surface area contributed by atoms with E-state index in [-0.39, 0.29) is 31.2 Å². The zero-order valence-corrected chi connectivity index (χ0v) is 9.50. The monoisotopic (exact) mass is 251 g/mol. The molecule has 0 aliphatic carbocycles. The predicted octanol–water partition coefficient (Wildman–Crippen LogP) is -1.39. The van der Waals surface area contributed by atoms with Crippen molar-refractivity contribution in [3.8, 4) is 0 Å². The Hall–Kier alpha value is -2.19. The van der Waals surface area contributed by atoms with Crippen molar-refractivity contribution < 1.29 is 10.2 Å². The molecule has 8 heteroatoms. The van der Waals surface area contributed by atoms with Gasteiger partial charge in [-0.15, -0.1) is 0 Å². The minimum Gasteiger partial charge on any atom is -0.392 e. The minimum atomic E-state index is -0.409. The van der Waals surface area contributed by atoms with Crippen LogP contribution in [-0.2, 0) is 6.54 Å². The van der Waals surface area contributed by atoms with Crippen molar-refractivity contribution in [3.63, 3.8) is 0 Å². The average molecular weight is 251 g/mol. The van der Waals surface area contributed by atoms with Gasteiger partial charge < -0.3 is 20.5 Å². The molecule has 0 aliphatic rings. The zero-order valence-electron chi connectivity index (χ0n) is 9.50. The third-order valence-corrected chi connectivity index (χ3v) is 2.45. The van der Waals surface area contributed by atoms with E-state index in [1.807, 2.05) is 0 Å². The molecule has 2 heterocycles. The molecule has 0 saturated carbocycles. The van der Waals surface area contributed by atoms with E-state index in [4.69, 9.17) is 15.9 Å². The standard InChI is InChI=1S/C10H13N5O3/c11-10-13-8-7(9(18)14-10)12-5-15(8)3-6(4-17)1-2-16/h1,5,16-17H,2-4H2,(H3,11,13,14,18)/b6-1+. The van der Waals surface area contributed by atoms with Crippen LogP contribution in [0.25, 0.3) is 11.2 Å². The Morgan fingerprint density at radius 3 is 3.00 bits per heavy atom. The first kappa shape index (κ1) is 12.3. The number of aromatic amines is 1. The molecule has 2 aromatic rings. The molecule has 5 N–H and O–H groups in total. The number of rotatable bonds is 4. The molecular formula is C10H13N5O3. The molecule has 2 rings (SSSR count). The smallest absolute Gasteiger partial charge is 0.280 e. The number of nitrogens with zero attached hydrogens (tertiary/aromatic N) is 3. The number of nitrogen functional groups attached to an aromatic ring is 1. The third kappa shape index (κ3) is 2.24. The van der Waals surface area contributed by atoms with Crippen LogP contribution in [0.1, 0.15) is 0 Å². The van der Waals surface area contributed by atoms with Crippen LogP contribution in [0.15, 0.2) is 22.8 Å². The number of imidazole rings is 1. The lowest BCUT2D eigenvalue weighted by Crippen LogP contribution is -2.13. The summed E-state index contributed by atoms with van der Waals surface area (Å²) in [7, 11) is 0. The summed E-state index contributed by atoms with van der Waals surface area (Å²) in [4.78, 5) is 21.8. The molecule has 0 unspecified atom stereocenters. The Kier molecular flexibility index (Phi) is 3.40. The van der Waals surface area contributed by atoms with Gasteiger partial charge in [0.2, 0.25) is 5.95 Å². The van der Waals surface area contributed by atoms with Gasteiger partial charge in [0.15, 0.2) is 11.2 Å². The van der Waals surface area contributed by atoms with Crippen LogP contribution in [0.5, 0.6) is 0 Å². The summed E-state index contributed by atoms with van der Waals surface area (Å²) in [5, 5.41) is 17.9. The lowest BCUT2D eigenvalue weighted by Gasteiger charge is -2.05. The second-order valence-electron chi connectivity index (χ2n) is 3.70. The molecule has 96 valence electrons. The SMILES string of the molecule is Nc1nc2c(ncn2C/C(=C\CO)CO)c(=O)[nH]1. The normalized spacial score (nSPS) is 12.2. The Labute approximate surface area is 101 Å². The van der Waals surface area contributed by atoms with Crippen molar-refractivity contribution >= 4 is 17.1 Å². The first-order valence-corrected chi connectivity index (χ1v) is 5.26. The number of aliphatic hydroxyl groups excluding tert-OH is 2. The van der Waals surface area contributed by atoms with Crippen molar-refractivity contribution in [2.24, 2.45) is 0 Å². The summed E-state index contributed by atoms with van der Waals surface area (Å²) in [6, 6.07) is 0. The fraction of sp³-hybridized carbons (Fsp3) is 0.300. The van der Waals surface area contributed by atoms with Gasteiger partial charge in [0.05, 0.1) is 19.5 Å². The van der Waals surface area contributed by atoms with Gasteiger partial charge in [0.25, 0.3) is 5.56 Å². The van der Waals surface area contributed by atoms with E-state index >= 15 is 0 Å². The van der Waals surface area contributed by atoms with E-state index < -0.39 is 5.56 Å². The van der Waals surface area contributed by atoms with Crippen LogP contribution in [0.3, 0.4) is 0 Å². The van der Waals surface area contributed by atoms with Crippen LogP contribution in [0.2, 0.25) is 0 Å². The predicted molar refractivity (Wildman–Crippen MR) is 64.8 cm³/mol. The van der Waals surface area contributed by atoms with Gasteiger partial charge in [-0.3, -0.25) is 9.78 Å². The van der Waals surface area contributed by atoms with Gasteiger partial charge in [-0.25, -0.2) is 4.98 Å². The van der Waals surface area contributed by atoms with Gasteiger partial charge in [0.1, 0.15) is 0 Å². The fourth-order valence-corrected chi connectivity index (χ4v) is 1.61. The molecule has 0 fully saturated rings. The molecule has 0 atom stereocenters. The van der Waals surface area contributed by atoms with E-state index in [0.717, 1.165) is 0 Å². The van der Waals surface area contributed by atoms with E-state index in [2.05, 4.69) is 15.0 Å². The maximum atomic E-state index is 11.5. The largest absolute Gasteiger partial charge is 0.392 e. The lowest BCUT2D eigenvalue weighted by molar-refractivity contribution is 0.313. The van der Waals surface area contributed by atoms with Crippen molar-refractivity contribution in [1.82, 2.24) is 19.5 Å². The molecule has 0 aliphatic heterocycles. The summed E-state index contributed by atoms with van der Waals surface area (Å²) < 4.78 is 1.58. The number of anilines is 1. The highest BCUT2D eigenvalue weighted by Crippen LogP contribution is 2.09. The van der Waals surface area contributed by atoms with Gasteiger partial charge >= 0.3 is 0 Å². The maximum absolute atomic E-state index is 11.5. The zero-order chi connectivity index (χ0) is 13.1. The van der Waals surface area contributed by atoms with Crippen molar-refractivity contribution in [3.05, 3.63) is 28.3 Å². The maximum Gasteiger partial charge on any atom is 0.280 e. The number of H-pyrrole nitrogens is 1. The number of aliphatic hydroxyl groups is 2. The van der Waals surface area contributed by atoms with Gasteiger partial charge in [-0.05, 0) is 5.57 Å². The Morgan fingerprint density at radius 1 is 1.56 bits per heavy atom. The molecule has 0 amide bonds. The Morgan fingerprint density at radius 2 is 2.33 bits per heavy atom. The quantitative estimate of drug-likeness (QED) is 0.495. The summed E-state index contributed by atoms with van der Waals surface area (Å²) in [5.41, 5.74) is 6.18. The summed E-state index contributed by atoms with van der Waals surface area (Å²) >= 11 is 0. The van der Waals surface area contributed by atoms with E-state index in [1.165, 1.54) is 12.4 Å². The third-order valence-electron chi connectivity index (χ3n) is 2.45. The average Bonchev–Trinajstić information content (AvgIpc) is 2.72. The molecule has 0 spiro atoms. The van der Waals surface area contributed by atoms with Crippen LogP contribution in [0, 0.1) is 0 Å². The van der Waals surface area contributed by atoms with E-state index in [9.17, 15) is 4.79 Å². The van der Waals surface area contributed by atoms with E-state index in [1.54, 1.807) is 4.57 Å². The Balaban J connectivity index is 2.46. The summed E-state index contributed by atoms with van der Waals surface area (Å²) in [5.74, 6) is 0.00550. The molecule has 18 heavy (non-hydrogen) atoms. The molecular weight excluding hydrogens is 238 g/mol. The van der Waals surface area contributed by atoms with Gasteiger partial charge in [-0.1, -0.05) is 6.08 Å². The van der Waals surface area contributed by atoms with Crippen molar-refractivity contribution in [1.29, 1.82) is 0 Å². The lowest BCUT2D eigenvalue weighted by atomic mass is 10.2. The number of hydrogen-bond donors (Lipinski definition) is 4. The molecule has 0 bridgehead atoms.